The summed E-state index contributed by atoms with van der Waals surface area (Å²) in [6.45, 7) is 19.8. The highest BCUT2D eigenvalue weighted by Crippen LogP contribution is 2.37. The van der Waals surface area contributed by atoms with Crippen LogP contribution in [0.3, 0.4) is 0 Å². The molecule has 5 rings (SSSR count). The second-order valence-corrected chi connectivity index (χ2v) is 24.6. The number of esters is 1. The molecule has 3 aromatic carbocycles. The summed E-state index contributed by atoms with van der Waals surface area (Å²) >= 11 is 1.26. The van der Waals surface area contributed by atoms with E-state index in [-0.39, 0.29) is 65.4 Å². The Morgan fingerprint density at radius 2 is 1.50 bits per heavy atom. The van der Waals surface area contributed by atoms with Crippen LogP contribution >= 0.6 is 11.3 Å². The molecule has 0 saturated carbocycles. The lowest BCUT2D eigenvalue weighted by Gasteiger charge is -2.43. The van der Waals surface area contributed by atoms with Gasteiger partial charge >= 0.3 is 5.97 Å². The number of likely N-dealkylation sites (tertiary alicyclic amines) is 1. The molecule has 0 spiro atoms. The van der Waals surface area contributed by atoms with Gasteiger partial charge in [-0.2, -0.15) is 0 Å². The number of amides is 3. The topological polar surface area (TPSA) is 130 Å². The third-order valence-electron chi connectivity index (χ3n) is 13.1. The summed E-state index contributed by atoms with van der Waals surface area (Å²) in [5, 5.41) is 10.7. The zero-order chi connectivity index (χ0) is 48.0. The first-order valence-corrected chi connectivity index (χ1v) is 26.8. The molecule has 66 heavy (non-hydrogen) atoms. The largest absolute Gasteiger partial charge is 0.455 e. The molecular weight excluding hydrogens is 863 g/mol. The lowest BCUT2D eigenvalue weighted by Crippen LogP contribution is -2.67. The predicted molar refractivity (Wildman–Crippen MR) is 268 cm³/mol. The van der Waals surface area contributed by atoms with Crippen molar-refractivity contribution in [3.63, 3.8) is 0 Å². The third kappa shape index (κ3) is 13.3. The van der Waals surface area contributed by atoms with Crippen molar-refractivity contribution >= 4 is 53.7 Å². The number of ether oxygens (including phenoxy) is 1. The monoisotopic (exact) mass is 938 g/mol. The Kier molecular flexibility index (Phi) is 19.3. The first kappa shape index (κ1) is 52.3. The summed E-state index contributed by atoms with van der Waals surface area (Å²) in [7, 11) is -0.962. The molecule has 0 aliphatic carbocycles. The van der Waals surface area contributed by atoms with Gasteiger partial charge in [-0.15, -0.1) is 11.3 Å². The number of likely N-dealkylation sites (N-methyl/N-ethyl adjacent to an activating group) is 1. The van der Waals surface area contributed by atoms with Crippen molar-refractivity contribution in [3.05, 3.63) is 113 Å². The minimum atomic E-state index is -2.93. The van der Waals surface area contributed by atoms with Gasteiger partial charge in [0.05, 0.1) is 18.7 Å². The number of nitrogens with one attached hydrogen (secondary N) is 2. The van der Waals surface area contributed by atoms with Gasteiger partial charge in [0.15, 0.2) is 6.10 Å². The standard InChI is InChI=1S/C53H75N5O6SSi/c1-11-31-58(52(62)48(38(5)12-2)56-50(61)45-30-22-23-32-57(45)10)46(37(3)4)34-47(64-39(6)59)51-55-44(36-65-51)49(60)54-41(33-40-24-16-13-17-25-40)35-63-66(53(7,8)9,42-26-18-14-19-27-42)43-28-20-15-21-29-43/h13-21,24-29,36-38,41,45-48H,11-12,22-23,30-35H2,1-10H3,(H,54,60)(H,56,61)/t38-,41-,45+,46+,47+,48-/m0/s1. The van der Waals surface area contributed by atoms with Crippen LogP contribution in [0.25, 0.3) is 0 Å². The van der Waals surface area contributed by atoms with Gasteiger partial charge in [-0.05, 0) is 72.1 Å². The van der Waals surface area contributed by atoms with E-state index < -0.39 is 32.5 Å². The smallest absolute Gasteiger partial charge is 0.303 e. The van der Waals surface area contributed by atoms with Crippen LogP contribution in [0, 0.1) is 11.8 Å². The summed E-state index contributed by atoms with van der Waals surface area (Å²) in [6.07, 6.45) is 4.18. The van der Waals surface area contributed by atoms with Gasteiger partial charge < -0.3 is 24.7 Å². The van der Waals surface area contributed by atoms with Gasteiger partial charge in [-0.25, -0.2) is 4.98 Å². The maximum atomic E-state index is 14.8. The van der Waals surface area contributed by atoms with Crippen LogP contribution in [0.2, 0.25) is 5.04 Å². The fourth-order valence-electron chi connectivity index (χ4n) is 9.41. The van der Waals surface area contributed by atoms with E-state index in [1.54, 1.807) is 5.38 Å². The molecule has 1 fully saturated rings. The van der Waals surface area contributed by atoms with Crippen molar-refractivity contribution in [2.75, 3.05) is 26.7 Å². The predicted octanol–water partition coefficient (Wildman–Crippen LogP) is 8.33. The zero-order valence-corrected chi connectivity index (χ0v) is 42.9. The summed E-state index contributed by atoms with van der Waals surface area (Å²) < 4.78 is 13.3. The molecule has 358 valence electrons. The number of benzene rings is 3. The van der Waals surface area contributed by atoms with Crippen molar-refractivity contribution in [2.24, 2.45) is 11.8 Å². The molecule has 2 N–H and O–H groups in total. The lowest BCUT2D eigenvalue weighted by molar-refractivity contribution is -0.149. The molecular formula is C53H75N5O6SSi. The van der Waals surface area contributed by atoms with Gasteiger partial charge in [-0.1, -0.05) is 159 Å². The number of piperidine rings is 1. The summed E-state index contributed by atoms with van der Waals surface area (Å²) in [5.41, 5.74) is 1.27. The van der Waals surface area contributed by atoms with Gasteiger partial charge in [0, 0.05) is 31.3 Å². The number of hydrogen-bond acceptors (Lipinski definition) is 9. The van der Waals surface area contributed by atoms with Crippen LogP contribution in [-0.2, 0) is 30.0 Å². The van der Waals surface area contributed by atoms with Crippen molar-refractivity contribution in [1.29, 1.82) is 0 Å². The maximum Gasteiger partial charge on any atom is 0.303 e. The fraction of sp³-hybridized carbons (Fsp3) is 0.528. The second-order valence-electron chi connectivity index (χ2n) is 19.4. The minimum Gasteiger partial charge on any atom is -0.455 e. The minimum absolute atomic E-state index is 0.0339. The number of aromatic nitrogens is 1. The summed E-state index contributed by atoms with van der Waals surface area (Å²) in [5.74, 6) is -1.23. The average molecular weight is 938 g/mol. The van der Waals surface area contributed by atoms with E-state index in [1.165, 1.54) is 18.3 Å². The Morgan fingerprint density at radius 1 is 0.894 bits per heavy atom. The first-order valence-electron chi connectivity index (χ1n) is 24.0. The summed E-state index contributed by atoms with van der Waals surface area (Å²) in [4.78, 5) is 64.5. The molecule has 3 amide bonds. The fourth-order valence-corrected chi connectivity index (χ4v) is 14.9. The van der Waals surface area contributed by atoms with Crippen LogP contribution in [0.15, 0.2) is 96.4 Å². The first-order chi connectivity index (χ1) is 31.5. The van der Waals surface area contributed by atoms with E-state index >= 15 is 0 Å². The van der Waals surface area contributed by atoms with E-state index in [9.17, 15) is 19.2 Å². The van der Waals surface area contributed by atoms with Crippen LogP contribution in [0.5, 0.6) is 0 Å². The van der Waals surface area contributed by atoms with E-state index in [0.29, 0.717) is 30.8 Å². The molecule has 1 saturated heterocycles. The van der Waals surface area contributed by atoms with Gasteiger partial charge in [-0.3, -0.25) is 24.1 Å². The number of rotatable bonds is 22. The number of hydrogen-bond donors (Lipinski definition) is 2. The van der Waals surface area contributed by atoms with Crippen LogP contribution < -0.4 is 21.0 Å². The highest BCUT2D eigenvalue weighted by atomic mass is 32.1. The van der Waals surface area contributed by atoms with Crippen LogP contribution in [-0.4, -0.2) is 97.7 Å². The van der Waals surface area contributed by atoms with E-state index in [1.807, 2.05) is 63.1 Å². The van der Waals surface area contributed by atoms with Crippen molar-refractivity contribution in [2.45, 2.75) is 143 Å². The molecule has 1 aliphatic rings. The summed E-state index contributed by atoms with van der Waals surface area (Å²) in [6, 6.07) is 29.2. The Hall–Kier alpha value is -4.69. The van der Waals surface area contributed by atoms with E-state index in [2.05, 4.69) is 111 Å². The number of nitrogens with zero attached hydrogens (tertiary/aromatic N) is 3. The molecule has 1 aliphatic heterocycles. The Bertz CT molecular complexity index is 2110. The normalized spacial score (nSPS) is 17.0. The Morgan fingerprint density at radius 3 is 2.03 bits per heavy atom. The molecule has 6 atom stereocenters. The van der Waals surface area contributed by atoms with Crippen molar-refractivity contribution in [1.82, 2.24) is 25.4 Å². The van der Waals surface area contributed by atoms with Gasteiger partial charge in [0.2, 0.25) is 11.8 Å². The number of carbonyl (C=O) groups excluding carboxylic acids is 4. The Balaban J connectivity index is 1.42. The molecule has 1 aromatic heterocycles. The molecule has 2 heterocycles. The van der Waals surface area contributed by atoms with Crippen molar-refractivity contribution < 1.29 is 28.3 Å². The maximum absolute atomic E-state index is 14.8. The average Bonchev–Trinajstić information content (AvgIpc) is 3.80. The second kappa shape index (κ2) is 24.4. The third-order valence-corrected chi connectivity index (χ3v) is 19.1. The number of thiazole rings is 1. The molecule has 11 nitrogen and oxygen atoms in total. The molecule has 0 bridgehead atoms. The highest BCUT2D eigenvalue weighted by molar-refractivity contribution is 7.09. The van der Waals surface area contributed by atoms with Crippen molar-refractivity contribution in [3.8, 4) is 0 Å². The molecule has 4 aromatic rings. The van der Waals surface area contributed by atoms with Crippen LogP contribution in [0.1, 0.15) is 128 Å². The molecule has 13 heteroatoms. The van der Waals surface area contributed by atoms with Crippen LogP contribution in [0.4, 0.5) is 0 Å². The number of carbonyl (C=O) groups is 4. The Labute approximate surface area is 399 Å². The highest BCUT2D eigenvalue weighted by Gasteiger charge is 2.50. The zero-order valence-electron chi connectivity index (χ0n) is 41.0. The van der Waals surface area contributed by atoms with Gasteiger partial charge in [0.25, 0.3) is 14.2 Å². The quantitative estimate of drug-likeness (QED) is 0.0595. The van der Waals surface area contributed by atoms with E-state index in [0.717, 1.165) is 41.7 Å². The van der Waals surface area contributed by atoms with Gasteiger partial charge in [0.1, 0.15) is 16.7 Å². The lowest BCUT2D eigenvalue weighted by atomic mass is 9.92. The molecule has 0 unspecified atom stereocenters. The SMILES string of the molecule is CCCN(C(=O)[C@@H](NC(=O)[C@H]1CCCCN1C)[C@@H](C)CC)[C@H](C[C@@H](OC(C)=O)c1nc(C(=O)N[C@H](CO[Si](c2ccccc2)(c2ccccc2)C(C)(C)C)Cc2ccccc2)cs1)C(C)C. The molecule has 0 radical (unpaired) electrons. The van der Waals surface area contributed by atoms with E-state index in [4.69, 9.17) is 14.1 Å².